The molecule has 76 valence electrons. The minimum atomic E-state index is 0.318. The Labute approximate surface area is 80.5 Å². The van der Waals surface area contributed by atoms with Crippen LogP contribution < -0.4 is 5.32 Å². The van der Waals surface area contributed by atoms with Gasteiger partial charge in [0.2, 0.25) is 5.91 Å². The third kappa shape index (κ3) is 2.69. The number of rotatable bonds is 4. The van der Waals surface area contributed by atoms with Gasteiger partial charge in [-0.1, -0.05) is 6.92 Å². The number of amides is 1. The van der Waals surface area contributed by atoms with Gasteiger partial charge in [0.25, 0.3) is 0 Å². The standard InChI is InChI=1S/C10H20N2O/c1-3-9-5-4-8-12(9)10(13)6-7-11-2/h9,11H,3-8H2,1-2H3. The number of hydrogen-bond donors (Lipinski definition) is 1. The van der Waals surface area contributed by atoms with E-state index in [2.05, 4.69) is 17.1 Å². The molecule has 0 aliphatic carbocycles. The van der Waals surface area contributed by atoms with Crippen LogP contribution in [0, 0.1) is 0 Å². The first-order chi connectivity index (χ1) is 6.29. The van der Waals surface area contributed by atoms with Crippen LogP contribution in [0.3, 0.4) is 0 Å². The van der Waals surface area contributed by atoms with Gasteiger partial charge in [-0.3, -0.25) is 4.79 Å². The van der Waals surface area contributed by atoms with E-state index < -0.39 is 0 Å². The molecule has 1 atom stereocenters. The smallest absolute Gasteiger partial charge is 0.224 e. The summed E-state index contributed by atoms with van der Waals surface area (Å²) in [7, 11) is 1.88. The molecule has 0 spiro atoms. The molecule has 0 bridgehead atoms. The summed E-state index contributed by atoms with van der Waals surface area (Å²) in [6, 6.07) is 0.518. The number of nitrogens with zero attached hydrogens (tertiary/aromatic N) is 1. The Bertz CT molecular complexity index is 170. The van der Waals surface area contributed by atoms with E-state index >= 15 is 0 Å². The molecule has 0 aromatic carbocycles. The lowest BCUT2D eigenvalue weighted by Crippen LogP contribution is -2.36. The quantitative estimate of drug-likeness (QED) is 0.707. The molecule has 1 heterocycles. The lowest BCUT2D eigenvalue weighted by atomic mass is 10.1. The van der Waals surface area contributed by atoms with Crippen molar-refractivity contribution in [3.05, 3.63) is 0 Å². The van der Waals surface area contributed by atoms with E-state index in [9.17, 15) is 4.79 Å². The number of hydrogen-bond acceptors (Lipinski definition) is 2. The molecular formula is C10H20N2O. The zero-order chi connectivity index (χ0) is 9.68. The molecule has 1 fully saturated rings. The van der Waals surface area contributed by atoms with E-state index in [-0.39, 0.29) is 0 Å². The van der Waals surface area contributed by atoms with Crippen LogP contribution in [0.1, 0.15) is 32.6 Å². The van der Waals surface area contributed by atoms with Crippen LogP contribution in [0.4, 0.5) is 0 Å². The Morgan fingerprint density at radius 2 is 2.38 bits per heavy atom. The normalized spacial score (nSPS) is 22.3. The first kappa shape index (κ1) is 10.5. The largest absolute Gasteiger partial charge is 0.340 e. The third-order valence-corrected chi connectivity index (χ3v) is 2.76. The molecular weight excluding hydrogens is 164 g/mol. The fraction of sp³-hybridized carbons (Fsp3) is 0.900. The lowest BCUT2D eigenvalue weighted by molar-refractivity contribution is -0.131. The third-order valence-electron chi connectivity index (χ3n) is 2.76. The fourth-order valence-electron chi connectivity index (χ4n) is 1.96. The van der Waals surface area contributed by atoms with Crippen LogP contribution >= 0.6 is 0 Å². The fourth-order valence-corrected chi connectivity index (χ4v) is 1.96. The molecule has 0 saturated carbocycles. The number of carbonyl (C=O) groups excluding carboxylic acids is 1. The molecule has 3 nitrogen and oxygen atoms in total. The highest BCUT2D eigenvalue weighted by molar-refractivity contribution is 5.77. The van der Waals surface area contributed by atoms with Crippen molar-refractivity contribution in [2.45, 2.75) is 38.6 Å². The van der Waals surface area contributed by atoms with Crippen LogP contribution in [-0.4, -0.2) is 37.0 Å². The van der Waals surface area contributed by atoms with Gasteiger partial charge in [-0.05, 0) is 26.3 Å². The highest BCUT2D eigenvalue weighted by Crippen LogP contribution is 2.20. The molecule has 0 aromatic rings. The van der Waals surface area contributed by atoms with E-state index in [1.807, 2.05) is 7.05 Å². The Morgan fingerprint density at radius 3 is 3.00 bits per heavy atom. The molecule has 1 rings (SSSR count). The minimum absolute atomic E-state index is 0.318. The minimum Gasteiger partial charge on any atom is -0.340 e. The molecule has 13 heavy (non-hydrogen) atoms. The summed E-state index contributed by atoms with van der Waals surface area (Å²) in [4.78, 5) is 13.7. The SMILES string of the molecule is CCC1CCCN1C(=O)CCNC. The first-order valence-corrected chi connectivity index (χ1v) is 5.23. The molecule has 1 unspecified atom stereocenters. The van der Waals surface area contributed by atoms with Gasteiger partial charge in [-0.15, -0.1) is 0 Å². The maximum absolute atomic E-state index is 11.7. The second-order valence-electron chi connectivity index (χ2n) is 3.64. The summed E-state index contributed by atoms with van der Waals surface area (Å²) in [5.41, 5.74) is 0. The zero-order valence-corrected chi connectivity index (χ0v) is 8.68. The molecule has 1 saturated heterocycles. The van der Waals surface area contributed by atoms with Crippen LogP contribution in [0.15, 0.2) is 0 Å². The molecule has 0 radical (unpaired) electrons. The second kappa shape index (κ2) is 5.22. The van der Waals surface area contributed by atoms with E-state index in [4.69, 9.17) is 0 Å². The zero-order valence-electron chi connectivity index (χ0n) is 8.68. The van der Waals surface area contributed by atoms with Crippen molar-refractivity contribution < 1.29 is 4.79 Å². The van der Waals surface area contributed by atoms with Gasteiger partial charge in [-0.2, -0.15) is 0 Å². The Balaban J connectivity index is 2.36. The lowest BCUT2D eigenvalue weighted by Gasteiger charge is -2.23. The number of likely N-dealkylation sites (tertiary alicyclic amines) is 1. The average Bonchev–Trinajstić information content (AvgIpc) is 2.61. The Kier molecular flexibility index (Phi) is 4.22. The molecule has 0 aromatic heterocycles. The summed E-state index contributed by atoms with van der Waals surface area (Å²) in [6.07, 6.45) is 4.13. The molecule has 1 aliphatic rings. The van der Waals surface area contributed by atoms with Crippen LogP contribution in [0.5, 0.6) is 0 Å². The van der Waals surface area contributed by atoms with Crippen molar-refractivity contribution >= 4 is 5.91 Å². The summed E-state index contributed by atoms with van der Waals surface area (Å²) < 4.78 is 0. The van der Waals surface area contributed by atoms with Crippen molar-refractivity contribution in [2.24, 2.45) is 0 Å². The van der Waals surface area contributed by atoms with E-state index in [1.165, 1.54) is 12.8 Å². The van der Waals surface area contributed by atoms with Crippen molar-refractivity contribution in [3.8, 4) is 0 Å². The monoisotopic (exact) mass is 184 g/mol. The first-order valence-electron chi connectivity index (χ1n) is 5.23. The van der Waals surface area contributed by atoms with Gasteiger partial charge in [0, 0.05) is 25.6 Å². The Hall–Kier alpha value is -0.570. The van der Waals surface area contributed by atoms with Crippen molar-refractivity contribution in [3.63, 3.8) is 0 Å². The maximum Gasteiger partial charge on any atom is 0.224 e. The van der Waals surface area contributed by atoms with Gasteiger partial charge in [-0.25, -0.2) is 0 Å². The molecule has 3 heteroatoms. The van der Waals surface area contributed by atoms with Crippen LogP contribution in [0.25, 0.3) is 0 Å². The molecule has 1 N–H and O–H groups in total. The number of nitrogens with one attached hydrogen (secondary N) is 1. The summed E-state index contributed by atoms with van der Waals surface area (Å²) in [6.45, 7) is 3.93. The van der Waals surface area contributed by atoms with Gasteiger partial charge in [0.15, 0.2) is 0 Å². The van der Waals surface area contributed by atoms with E-state index in [0.717, 1.165) is 19.5 Å². The van der Waals surface area contributed by atoms with Gasteiger partial charge in [0.05, 0.1) is 0 Å². The summed E-state index contributed by atoms with van der Waals surface area (Å²) in [5, 5.41) is 3.01. The maximum atomic E-state index is 11.7. The molecule has 1 aliphatic heterocycles. The summed E-state index contributed by atoms with van der Waals surface area (Å²) in [5.74, 6) is 0.318. The molecule has 1 amide bonds. The van der Waals surface area contributed by atoms with Gasteiger partial charge in [0.1, 0.15) is 0 Å². The van der Waals surface area contributed by atoms with E-state index in [1.54, 1.807) is 0 Å². The van der Waals surface area contributed by atoms with Crippen molar-refractivity contribution in [1.29, 1.82) is 0 Å². The highest BCUT2D eigenvalue weighted by atomic mass is 16.2. The topological polar surface area (TPSA) is 32.3 Å². The predicted molar refractivity (Wildman–Crippen MR) is 53.6 cm³/mol. The average molecular weight is 184 g/mol. The van der Waals surface area contributed by atoms with Crippen LogP contribution in [0.2, 0.25) is 0 Å². The summed E-state index contributed by atoms with van der Waals surface area (Å²) >= 11 is 0. The van der Waals surface area contributed by atoms with Gasteiger partial charge < -0.3 is 10.2 Å². The number of carbonyl (C=O) groups is 1. The van der Waals surface area contributed by atoms with Crippen molar-refractivity contribution in [1.82, 2.24) is 10.2 Å². The van der Waals surface area contributed by atoms with Crippen molar-refractivity contribution in [2.75, 3.05) is 20.1 Å². The Morgan fingerprint density at radius 1 is 1.62 bits per heavy atom. The van der Waals surface area contributed by atoms with Gasteiger partial charge >= 0.3 is 0 Å². The van der Waals surface area contributed by atoms with Crippen LogP contribution in [-0.2, 0) is 4.79 Å². The predicted octanol–water partition coefficient (Wildman–Crippen LogP) is 0.997. The van der Waals surface area contributed by atoms with E-state index in [0.29, 0.717) is 18.4 Å². The highest BCUT2D eigenvalue weighted by Gasteiger charge is 2.26. The second-order valence-corrected chi connectivity index (χ2v) is 3.64.